The predicted molar refractivity (Wildman–Crippen MR) is 87.1 cm³/mol. The molecule has 0 saturated heterocycles. The molecule has 3 rings (SSSR count). The molecule has 1 aromatic carbocycles. The van der Waals surface area contributed by atoms with Crippen molar-refractivity contribution in [3.8, 4) is 11.5 Å². The molecule has 4 heteroatoms. The van der Waals surface area contributed by atoms with Crippen LogP contribution in [-0.4, -0.2) is 17.4 Å². The van der Waals surface area contributed by atoms with Crippen molar-refractivity contribution in [2.24, 2.45) is 0 Å². The molecule has 1 aliphatic heterocycles. The molecular formula is C17H16BrNO2. The molecule has 0 aliphatic carbocycles. The summed E-state index contributed by atoms with van der Waals surface area (Å²) in [6.07, 6.45) is 4.98. The highest BCUT2D eigenvalue weighted by Gasteiger charge is 2.20. The maximum Gasteiger partial charge on any atom is 0.131 e. The standard InChI is InChI=1S/C17H16BrNO2/c1-20-12-6-7-17-15(10-12)13(4-2-8-18)14-5-3-9-19-16(14)11-21-17/h3-7,9-10H,2,8,11H2,1H3. The van der Waals surface area contributed by atoms with Crippen LogP contribution in [0.5, 0.6) is 11.5 Å². The molecule has 1 aliphatic rings. The first kappa shape index (κ1) is 14.1. The Labute approximate surface area is 132 Å². The summed E-state index contributed by atoms with van der Waals surface area (Å²) in [5.74, 6) is 1.70. The number of methoxy groups -OCH3 is 1. The van der Waals surface area contributed by atoms with Crippen LogP contribution in [0, 0.1) is 0 Å². The number of nitrogens with zero attached hydrogens (tertiary/aromatic N) is 1. The number of fused-ring (bicyclic) bond motifs is 2. The monoisotopic (exact) mass is 345 g/mol. The smallest absolute Gasteiger partial charge is 0.131 e. The van der Waals surface area contributed by atoms with Gasteiger partial charge >= 0.3 is 0 Å². The van der Waals surface area contributed by atoms with Gasteiger partial charge in [0.1, 0.15) is 18.1 Å². The average molecular weight is 346 g/mol. The zero-order valence-electron chi connectivity index (χ0n) is 11.8. The van der Waals surface area contributed by atoms with E-state index in [1.54, 1.807) is 13.3 Å². The number of halogens is 1. The lowest BCUT2D eigenvalue weighted by Crippen LogP contribution is -1.98. The number of allylic oxidation sites excluding steroid dienone is 1. The Bertz CT molecular complexity index is 682. The van der Waals surface area contributed by atoms with E-state index in [2.05, 4.69) is 33.1 Å². The number of ether oxygens (including phenoxy) is 2. The van der Waals surface area contributed by atoms with Gasteiger partial charge in [0, 0.05) is 22.7 Å². The number of hydrogen-bond donors (Lipinski definition) is 0. The molecule has 0 saturated carbocycles. The second kappa shape index (κ2) is 6.31. The molecule has 0 radical (unpaired) electrons. The van der Waals surface area contributed by atoms with E-state index in [1.807, 2.05) is 24.3 Å². The minimum Gasteiger partial charge on any atom is -0.497 e. The molecule has 0 bridgehead atoms. The van der Waals surface area contributed by atoms with Gasteiger partial charge in [-0.05, 0) is 36.3 Å². The van der Waals surface area contributed by atoms with E-state index in [1.165, 1.54) is 0 Å². The van der Waals surface area contributed by atoms with Gasteiger partial charge in [0.15, 0.2) is 0 Å². The van der Waals surface area contributed by atoms with Crippen molar-refractivity contribution in [2.45, 2.75) is 13.0 Å². The summed E-state index contributed by atoms with van der Waals surface area (Å²) < 4.78 is 11.3. The Balaban J connectivity index is 2.19. The van der Waals surface area contributed by atoms with Gasteiger partial charge in [0.2, 0.25) is 0 Å². The predicted octanol–water partition coefficient (Wildman–Crippen LogP) is 4.20. The number of alkyl halides is 1. The lowest BCUT2D eigenvalue weighted by atomic mass is 9.95. The number of pyridine rings is 1. The van der Waals surface area contributed by atoms with Crippen LogP contribution >= 0.6 is 15.9 Å². The van der Waals surface area contributed by atoms with Gasteiger partial charge in [0.05, 0.1) is 12.8 Å². The van der Waals surface area contributed by atoms with E-state index in [-0.39, 0.29) is 0 Å². The van der Waals surface area contributed by atoms with Crippen molar-refractivity contribution < 1.29 is 9.47 Å². The Morgan fingerprint density at radius 1 is 1.33 bits per heavy atom. The fourth-order valence-electron chi connectivity index (χ4n) is 2.48. The highest BCUT2D eigenvalue weighted by Crippen LogP contribution is 2.38. The molecular weight excluding hydrogens is 330 g/mol. The van der Waals surface area contributed by atoms with Crippen LogP contribution in [0.4, 0.5) is 0 Å². The first-order chi connectivity index (χ1) is 10.3. The average Bonchev–Trinajstić information content (AvgIpc) is 2.69. The fourth-order valence-corrected chi connectivity index (χ4v) is 2.71. The van der Waals surface area contributed by atoms with Crippen molar-refractivity contribution in [1.82, 2.24) is 4.98 Å². The van der Waals surface area contributed by atoms with Crippen LogP contribution in [0.1, 0.15) is 23.2 Å². The largest absolute Gasteiger partial charge is 0.497 e. The number of benzene rings is 1. The van der Waals surface area contributed by atoms with Gasteiger partial charge in [-0.25, -0.2) is 0 Å². The van der Waals surface area contributed by atoms with Crippen LogP contribution < -0.4 is 9.47 Å². The van der Waals surface area contributed by atoms with Crippen molar-refractivity contribution in [1.29, 1.82) is 0 Å². The van der Waals surface area contributed by atoms with E-state index < -0.39 is 0 Å². The summed E-state index contributed by atoms with van der Waals surface area (Å²) in [4.78, 5) is 4.45. The molecule has 1 aromatic heterocycles. The highest BCUT2D eigenvalue weighted by atomic mass is 79.9. The minimum atomic E-state index is 0.487. The van der Waals surface area contributed by atoms with E-state index in [4.69, 9.17) is 9.47 Å². The van der Waals surface area contributed by atoms with E-state index in [9.17, 15) is 0 Å². The van der Waals surface area contributed by atoms with Crippen LogP contribution in [0.2, 0.25) is 0 Å². The van der Waals surface area contributed by atoms with E-state index >= 15 is 0 Å². The zero-order chi connectivity index (χ0) is 14.7. The summed E-state index contributed by atoms with van der Waals surface area (Å²) in [6.45, 7) is 0.487. The Morgan fingerprint density at radius 3 is 3.05 bits per heavy atom. The van der Waals surface area contributed by atoms with E-state index in [0.29, 0.717) is 6.61 Å². The molecule has 108 valence electrons. The molecule has 2 aromatic rings. The lowest BCUT2D eigenvalue weighted by molar-refractivity contribution is 0.302. The molecule has 0 N–H and O–H groups in total. The fraction of sp³-hybridized carbons (Fsp3) is 0.235. The molecule has 3 nitrogen and oxygen atoms in total. The van der Waals surface area contributed by atoms with Crippen molar-refractivity contribution in [3.05, 3.63) is 59.4 Å². The maximum atomic E-state index is 5.91. The zero-order valence-corrected chi connectivity index (χ0v) is 13.4. The normalized spacial score (nSPS) is 14.9. The third-order valence-corrected chi connectivity index (χ3v) is 3.94. The molecule has 2 heterocycles. The van der Waals surface area contributed by atoms with Gasteiger partial charge in [0.25, 0.3) is 0 Å². The molecule has 0 amide bonds. The van der Waals surface area contributed by atoms with Gasteiger partial charge in [-0.3, -0.25) is 4.98 Å². The quantitative estimate of drug-likeness (QED) is 0.781. The maximum absolute atomic E-state index is 5.91. The molecule has 0 atom stereocenters. The molecule has 0 fully saturated rings. The highest BCUT2D eigenvalue weighted by molar-refractivity contribution is 9.09. The lowest BCUT2D eigenvalue weighted by Gasteiger charge is -2.11. The molecule has 0 unspecified atom stereocenters. The second-order valence-electron chi connectivity index (χ2n) is 4.74. The topological polar surface area (TPSA) is 31.4 Å². The van der Waals surface area contributed by atoms with Crippen molar-refractivity contribution >= 4 is 21.5 Å². The molecule has 0 spiro atoms. The summed E-state index contributed by atoms with van der Waals surface area (Å²) in [6, 6.07) is 9.97. The Hall–Kier alpha value is -1.81. The van der Waals surface area contributed by atoms with Gasteiger partial charge in [-0.2, -0.15) is 0 Å². The third-order valence-electron chi connectivity index (χ3n) is 3.48. The first-order valence-electron chi connectivity index (χ1n) is 6.85. The second-order valence-corrected chi connectivity index (χ2v) is 5.54. The van der Waals surface area contributed by atoms with Crippen molar-refractivity contribution in [3.63, 3.8) is 0 Å². The Morgan fingerprint density at radius 2 is 2.24 bits per heavy atom. The number of hydrogen-bond acceptors (Lipinski definition) is 3. The Kier molecular flexibility index (Phi) is 4.25. The van der Waals surface area contributed by atoms with Gasteiger partial charge in [-0.15, -0.1) is 0 Å². The van der Waals surface area contributed by atoms with Crippen LogP contribution in [0.15, 0.2) is 42.6 Å². The third kappa shape index (κ3) is 2.81. The van der Waals surface area contributed by atoms with Crippen LogP contribution in [-0.2, 0) is 6.61 Å². The summed E-state index contributed by atoms with van der Waals surface area (Å²) >= 11 is 3.49. The molecule has 21 heavy (non-hydrogen) atoms. The number of rotatable bonds is 3. The van der Waals surface area contributed by atoms with Crippen LogP contribution in [0.25, 0.3) is 5.57 Å². The van der Waals surface area contributed by atoms with Crippen LogP contribution in [0.3, 0.4) is 0 Å². The van der Waals surface area contributed by atoms with Gasteiger partial charge < -0.3 is 9.47 Å². The first-order valence-corrected chi connectivity index (χ1v) is 7.97. The van der Waals surface area contributed by atoms with E-state index in [0.717, 1.165) is 45.6 Å². The minimum absolute atomic E-state index is 0.487. The summed E-state index contributed by atoms with van der Waals surface area (Å²) in [5.41, 5.74) is 4.31. The van der Waals surface area contributed by atoms with Gasteiger partial charge in [-0.1, -0.05) is 28.1 Å². The van der Waals surface area contributed by atoms with Crippen molar-refractivity contribution in [2.75, 3.05) is 12.4 Å². The summed E-state index contributed by atoms with van der Waals surface area (Å²) in [7, 11) is 1.68. The SMILES string of the molecule is COc1ccc2c(c1)C(=CCCBr)c1cccnc1CO2. The summed E-state index contributed by atoms with van der Waals surface area (Å²) in [5, 5.41) is 0.923. The number of aromatic nitrogens is 1.